The maximum absolute atomic E-state index is 13.7. The van der Waals surface area contributed by atoms with Crippen LogP contribution in [0.3, 0.4) is 0 Å². The molecule has 0 spiro atoms. The van der Waals surface area contributed by atoms with E-state index >= 15 is 0 Å². The zero-order valence-corrected chi connectivity index (χ0v) is 22.5. The van der Waals surface area contributed by atoms with Gasteiger partial charge < -0.3 is 43.7 Å². The van der Waals surface area contributed by atoms with Crippen molar-refractivity contribution in [2.24, 2.45) is 0 Å². The van der Waals surface area contributed by atoms with E-state index in [4.69, 9.17) is 24.1 Å². The van der Waals surface area contributed by atoms with Gasteiger partial charge in [0, 0.05) is 17.7 Å². The number of aliphatic hydroxyl groups is 3. The van der Waals surface area contributed by atoms with Crippen LogP contribution in [0.5, 0.6) is 0 Å². The fourth-order valence-corrected chi connectivity index (χ4v) is 3.36. The number of alkyl halides is 6. The minimum absolute atomic E-state index is 0.100. The Morgan fingerprint density at radius 1 is 0.725 bits per heavy atom. The number of aliphatic hydroxyl groups excluding tert-OH is 3. The van der Waals surface area contributed by atoms with E-state index in [1.165, 1.54) is 11.3 Å². The molecule has 0 bridgehead atoms. The van der Waals surface area contributed by atoms with Crippen molar-refractivity contribution < 1.29 is 74.8 Å². The summed E-state index contributed by atoms with van der Waals surface area (Å²) in [7, 11) is 0. The number of halogens is 6. The van der Waals surface area contributed by atoms with Gasteiger partial charge in [-0.15, -0.1) is 11.3 Å². The molecule has 0 amide bonds. The number of hydrogen-bond donors (Lipinski definition) is 3. The molecule has 1 aromatic heterocycles. The Morgan fingerprint density at radius 2 is 1.27 bits per heavy atom. The van der Waals surface area contributed by atoms with E-state index in [0.717, 1.165) is 4.88 Å². The Morgan fingerprint density at radius 3 is 1.88 bits per heavy atom. The summed E-state index contributed by atoms with van der Waals surface area (Å²) >= 11 is 1.54. The Bertz CT molecular complexity index is 748. The van der Waals surface area contributed by atoms with Gasteiger partial charge in [-0.3, -0.25) is 4.74 Å². The lowest BCUT2D eigenvalue weighted by Gasteiger charge is -2.24. The third kappa shape index (κ3) is 19.9. The summed E-state index contributed by atoms with van der Waals surface area (Å²) in [4.78, 5) is 1.08. The lowest BCUT2D eigenvalue weighted by atomic mass is 10.3. The molecule has 17 heteroatoms. The molecule has 1 heterocycles. The molecule has 0 saturated carbocycles. The van der Waals surface area contributed by atoms with E-state index in [1.54, 1.807) is 0 Å². The molecule has 3 N–H and O–H groups in total. The van der Waals surface area contributed by atoms with Crippen molar-refractivity contribution in [2.45, 2.75) is 43.2 Å². The predicted molar refractivity (Wildman–Crippen MR) is 128 cm³/mol. The van der Waals surface area contributed by atoms with Gasteiger partial charge in [-0.05, 0) is 11.4 Å². The van der Waals surface area contributed by atoms with Crippen molar-refractivity contribution in [1.29, 1.82) is 0 Å². The Kier molecular flexibility index (Phi) is 18.4. The van der Waals surface area contributed by atoms with Crippen LogP contribution < -0.4 is 0 Å². The van der Waals surface area contributed by atoms with Crippen molar-refractivity contribution in [2.75, 3.05) is 79.5 Å². The third-order valence-corrected chi connectivity index (χ3v) is 5.47. The average molecular weight is 619 g/mol. The largest absolute Gasteiger partial charge is 0.390 e. The van der Waals surface area contributed by atoms with Gasteiger partial charge in [0.1, 0.15) is 38.8 Å². The Hall–Kier alpha value is -1.12. The quantitative estimate of drug-likeness (QED) is 0.0810. The van der Waals surface area contributed by atoms with Gasteiger partial charge in [-0.1, -0.05) is 6.07 Å². The van der Waals surface area contributed by atoms with Crippen molar-refractivity contribution in [3.05, 3.63) is 22.4 Å². The first-order chi connectivity index (χ1) is 18.8. The van der Waals surface area contributed by atoms with Crippen LogP contribution in [0.1, 0.15) is 11.3 Å². The van der Waals surface area contributed by atoms with E-state index in [9.17, 15) is 36.6 Å². The molecule has 0 fully saturated rings. The lowest BCUT2D eigenvalue weighted by Crippen LogP contribution is -2.40. The number of ether oxygens (including phenoxy) is 7. The van der Waals surface area contributed by atoms with Crippen LogP contribution >= 0.6 is 11.3 Å². The number of rotatable bonds is 26. The topological polar surface area (TPSA) is 125 Å². The van der Waals surface area contributed by atoms with Crippen LogP contribution in [0.2, 0.25) is 0 Å². The van der Waals surface area contributed by atoms with E-state index in [1.807, 2.05) is 17.5 Å². The van der Waals surface area contributed by atoms with Crippen LogP contribution in [-0.2, 0) is 39.6 Å². The second-order valence-corrected chi connectivity index (χ2v) is 9.42. The van der Waals surface area contributed by atoms with Gasteiger partial charge in [0.25, 0.3) is 5.92 Å². The molecule has 1 rings (SSSR count). The molecule has 2 unspecified atom stereocenters. The first kappa shape index (κ1) is 36.9. The fourth-order valence-electron chi connectivity index (χ4n) is 2.67. The Labute approximate surface area is 231 Å². The molecule has 10 nitrogen and oxygen atoms in total. The molecule has 236 valence electrons. The molecule has 0 aliphatic carbocycles. The van der Waals surface area contributed by atoms with Crippen molar-refractivity contribution in [3.63, 3.8) is 0 Å². The summed E-state index contributed by atoms with van der Waals surface area (Å²) < 4.78 is 113. The highest BCUT2D eigenvalue weighted by Crippen LogP contribution is 2.27. The van der Waals surface area contributed by atoms with Gasteiger partial charge in [-0.25, -0.2) is 8.78 Å². The molecular formula is C23H36F6O10S. The van der Waals surface area contributed by atoms with Crippen LogP contribution in [0, 0.1) is 0 Å². The predicted octanol–water partition coefficient (Wildman–Crippen LogP) is 2.29. The van der Waals surface area contributed by atoms with E-state index in [2.05, 4.69) is 14.2 Å². The van der Waals surface area contributed by atoms with Gasteiger partial charge in [-0.2, -0.15) is 17.6 Å². The minimum atomic E-state index is -4.37. The highest BCUT2D eigenvalue weighted by molar-refractivity contribution is 7.09. The van der Waals surface area contributed by atoms with Gasteiger partial charge in [0.2, 0.25) is 0 Å². The van der Waals surface area contributed by atoms with Crippen LogP contribution in [0.25, 0.3) is 0 Å². The first-order valence-electron chi connectivity index (χ1n) is 12.1. The summed E-state index contributed by atoms with van der Waals surface area (Å²) in [5.41, 5.74) is 0. The normalized spacial score (nSPS) is 14.5. The molecule has 0 aromatic carbocycles. The average Bonchev–Trinajstić information content (AvgIpc) is 3.39. The Balaban J connectivity index is 2.03. The summed E-state index contributed by atoms with van der Waals surface area (Å²) in [6.45, 7) is -6.71. The summed E-state index contributed by atoms with van der Waals surface area (Å²) in [5, 5.41) is 29.6. The van der Waals surface area contributed by atoms with Crippen molar-refractivity contribution in [1.82, 2.24) is 0 Å². The van der Waals surface area contributed by atoms with E-state index in [0.29, 0.717) is 13.0 Å². The van der Waals surface area contributed by atoms with Gasteiger partial charge >= 0.3 is 12.2 Å². The second kappa shape index (κ2) is 19.9. The summed E-state index contributed by atoms with van der Waals surface area (Å²) in [6.07, 6.45) is -11.2. The molecule has 2 atom stereocenters. The van der Waals surface area contributed by atoms with Crippen LogP contribution in [-0.4, -0.2) is 125 Å². The molecule has 0 aliphatic heterocycles. The highest BCUT2D eigenvalue weighted by Gasteiger charge is 2.44. The van der Waals surface area contributed by atoms with Gasteiger partial charge in [0.15, 0.2) is 0 Å². The van der Waals surface area contributed by atoms with Crippen LogP contribution in [0.15, 0.2) is 17.5 Å². The monoisotopic (exact) mass is 618 g/mol. The van der Waals surface area contributed by atoms with E-state index in [-0.39, 0.29) is 39.6 Å². The zero-order chi connectivity index (χ0) is 29.9. The zero-order valence-electron chi connectivity index (χ0n) is 21.7. The summed E-state index contributed by atoms with van der Waals surface area (Å²) in [5.74, 6) is -3.27. The second-order valence-electron chi connectivity index (χ2n) is 8.39. The molecule has 1 aromatic rings. The van der Waals surface area contributed by atoms with Crippen molar-refractivity contribution in [3.8, 4) is 0 Å². The molecule has 40 heavy (non-hydrogen) atoms. The molecule has 0 aliphatic rings. The standard InChI is InChI=1S/C23H36F6O10S/c24-21(25,14-30)4-6-34-11-18(31)12-35-7-8-36-17-38-16-23(28,29)39-22(26,27)15-37-13-19(32)10-33-5-3-20-2-1-9-40-20/h1-2,9,18-19,30-32H,3-8,10-17H2. The van der Waals surface area contributed by atoms with E-state index < -0.39 is 70.0 Å². The molecule has 0 radical (unpaired) electrons. The number of hydrogen-bond acceptors (Lipinski definition) is 11. The fraction of sp³-hybridized carbons (Fsp3) is 0.826. The third-order valence-electron chi connectivity index (χ3n) is 4.53. The minimum Gasteiger partial charge on any atom is -0.390 e. The number of thiophene rings is 1. The maximum Gasteiger partial charge on any atom is 0.383 e. The SMILES string of the molecule is OCC(F)(F)CCOCC(O)COCCOCOCC(F)(F)OC(F)(F)COCC(O)COCCc1cccs1. The smallest absolute Gasteiger partial charge is 0.383 e. The van der Waals surface area contributed by atoms with Crippen LogP contribution in [0.4, 0.5) is 26.3 Å². The maximum atomic E-state index is 13.7. The molecule has 0 saturated heterocycles. The molecular weight excluding hydrogens is 582 g/mol. The van der Waals surface area contributed by atoms with Gasteiger partial charge in [0.05, 0.1) is 52.9 Å². The highest BCUT2D eigenvalue weighted by atomic mass is 32.1. The van der Waals surface area contributed by atoms with Crippen molar-refractivity contribution >= 4 is 11.3 Å². The summed E-state index contributed by atoms with van der Waals surface area (Å²) in [6, 6.07) is 3.79. The first-order valence-corrected chi connectivity index (χ1v) is 13.0. The lowest BCUT2D eigenvalue weighted by molar-refractivity contribution is -0.396.